The molecule has 1 saturated carbocycles. The van der Waals surface area contributed by atoms with E-state index in [1.54, 1.807) is 6.07 Å². The first-order chi connectivity index (χ1) is 18.1. The zero-order valence-electron chi connectivity index (χ0n) is 23.5. The normalized spacial score (nSPS) is 18.8. The molecule has 0 spiro atoms. The van der Waals surface area contributed by atoms with Gasteiger partial charge >= 0.3 is 0 Å². The van der Waals surface area contributed by atoms with Crippen LogP contribution in [0.4, 0.5) is 0 Å². The highest BCUT2D eigenvalue weighted by Gasteiger charge is 2.33. The summed E-state index contributed by atoms with van der Waals surface area (Å²) in [6, 6.07) is 15.6. The van der Waals surface area contributed by atoms with Crippen molar-refractivity contribution in [2.24, 2.45) is 5.92 Å². The summed E-state index contributed by atoms with van der Waals surface area (Å²) in [6.07, 6.45) is 7.27. The van der Waals surface area contributed by atoms with Gasteiger partial charge in [-0.15, -0.1) is 15.0 Å². The van der Waals surface area contributed by atoms with E-state index in [9.17, 15) is 10.2 Å². The van der Waals surface area contributed by atoms with Crippen molar-refractivity contribution < 1.29 is 19.1 Å². The Hall–Kier alpha value is -2.05. The minimum Gasteiger partial charge on any atom is -0.506 e. The van der Waals surface area contributed by atoms with Gasteiger partial charge in [0.2, 0.25) is 0 Å². The number of aromatic nitrogens is 3. The molecule has 1 aliphatic carbocycles. The molecule has 1 aliphatic rings. The van der Waals surface area contributed by atoms with E-state index >= 15 is 0 Å². The van der Waals surface area contributed by atoms with Crippen LogP contribution in [0.5, 0.6) is 5.75 Å². The van der Waals surface area contributed by atoms with Gasteiger partial charge in [0, 0.05) is 6.61 Å². The highest BCUT2D eigenvalue weighted by molar-refractivity contribution is 6.84. The van der Waals surface area contributed by atoms with E-state index in [1.807, 2.05) is 36.4 Å². The number of aliphatic hydroxyl groups is 1. The molecule has 1 aromatic heterocycles. The van der Waals surface area contributed by atoms with E-state index in [-0.39, 0.29) is 11.9 Å². The van der Waals surface area contributed by atoms with Gasteiger partial charge in [0.15, 0.2) is 16.6 Å². The van der Waals surface area contributed by atoms with E-state index in [1.165, 1.54) is 30.1 Å². The molecule has 7 nitrogen and oxygen atoms in total. The summed E-state index contributed by atoms with van der Waals surface area (Å²) < 4.78 is 12.8. The Morgan fingerprint density at radius 3 is 2.24 bits per heavy atom. The van der Waals surface area contributed by atoms with Gasteiger partial charge in [0.1, 0.15) is 22.5 Å². The molecule has 9 heteroatoms. The highest BCUT2D eigenvalue weighted by atomic mass is 28.4. The van der Waals surface area contributed by atoms with Crippen LogP contribution in [0.25, 0.3) is 16.7 Å². The zero-order valence-corrected chi connectivity index (χ0v) is 25.5. The molecule has 1 heterocycles. The SMILES string of the molecule is C[Si](C)(CCCOCCc1ccc(O)c(-n2nc3ccccc3n2)c1)O[Si](C)(C)CCC1CCC(O)CC1. The number of aromatic hydroxyl groups is 1. The first-order valence-electron chi connectivity index (χ1n) is 14.2. The van der Waals surface area contributed by atoms with Crippen LogP contribution in [-0.2, 0) is 15.3 Å². The lowest BCUT2D eigenvalue weighted by molar-refractivity contribution is 0.107. The van der Waals surface area contributed by atoms with Gasteiger partial charge in [0.05, 0.1) is 12.7 Å². The quantitative estimate of drug-likeness (QED) is 0.186. The Kier molecular flexibility index (Phi) is 9.81. The molecule has 4 rings (SSSR count). The fraction of sp³-hybridized carbons (Fsp3) is 0.586. The molecule has 0 atom stereocenters. The Balaban J connectivity index is 1.17. The summed E-state index contributed by atoms with van der Waals surface area (Å²) in [5, 5.41) is 29.1. The van der Waals surface area contributed by atoms with E-state index in [2.05, 4.69) is 36.4 Å². The number of phenolic OH excluding ortho intramolecular Hbond substituents is 1. The van der Waals surface area contributed by atoms with Crippen molar-refractivity contribution in [3.63, 3.8) is 0 Å². The summed E-state index contributed by atoms with van der Waals surface area (Å²) in [4.78, 5) is 1.50. The molecule has 208 valence electrons. The van der Waals surface area contributed by atoms with Crippen molar-refractivity contribution in [1.82, 2.24) is 15.0 Å². The van der Waals surface area contributed by atoms with Crippen LogP contribution in [0.2, 0.25) is 38.3 Å². The first kappa shape index (κ1) is 28.9. The van der Waals surface area contributed by atoms with Crippen molar-refractivity contribution in [3.05, 3.63) is 48.0 Å². The molecule has 0 amide bonds. The highest BCUT2D eigenvalue weighted by Crippen LogP contribution is 2.32. The fourth-order valence-electron chi connectivity index (χ4n) is 5.58. The third kappa shape index (κ3) is 8.48. The summed E-state index contributed by atoms with van der Waals surface area (Å²) >= 11 is 0. The fourth-order valence-corrected chi connectivity index (χ4v) is 14.5. The molecule has 0 bridgehead atoms. The second kappa shape index (κ2) is 12.9. The van der Waals surface area contributed by atoms with Crippen LogP contribution in [-0.4, -0.2) is 61.2 Å². The molecular weight excluding hydrogens is 511 g/mol. The minimum atomic E-state index is -1.73. The number of rotatable bonds is 13. The largest absolute Gasteiger partial charge is 0.506 e. The lowest BCUT2D eigenvalue weighted by Crippen LogP contribution is -2.44. The molecule has 1 fully saturated rings. The summed E-state index contributed by atoms with van der Waals surface area (Å²) in [5.74, 6) is 0.929. The Labute approximate surface area is 229 Å². The predicted octanol–water partition coefficient (Wildman–Crippen LogP) is 6.44. The molecule has 0 aliphatic heterocycles. The number of hydrogen-bond acceptors (Lipinski definition) is 6. The summed E-state index contributed by atoms with van der Waals surface area (Å²) in [5.41, 5.74) is 3.26. The average molecular weight is 556 g/mol. The molecule has 0 saturated heterocycles. The predicted molar refractivity (Wildman–Crippen MR) is 158 cm³/mol. The van der Waals surface area contributed by atoms with Crippen LogP contribution in [0.3, 0.4) is 0 Å². The first-order valence-corrected chi connectivity index (χ1v) is 20.4. The lowest BCUT2D eigenvalue weighted by atomic mass is 9.86. The van der Waals surface area contributed by atoms with Crippen molar-refractivity contribution in [3.8, 4) is 11.4 Å². The topological polar surface area (TPSA) is 89.6 Å². The van der Waals surface area contributed by atoms with E-state index in [4.69, 9.17) is 8.85 Å². The molecule has 2 aromatic carbocycles. The maximum absolute atomic E-state index is 10.4. The number of benzene rings is 2. The Morgan fingerprint density at radius 2 is 1.55 bits per heavy atom. The van der Waals surface area contributed by atoms with Gasteiger partial charge in [-0.25, -0.2) is 0 Å². The van der Waals surface area contributed by atoms with Crippen molar-refractivity contribution in [2.45, 2.75) is 89.3 Å². The number of aliphatic hydroxyl groups excluding tert-OH is 1. The van der Waals surface area contributed by atoms with Crippen LogP contribution in [0.1, 0.15) is 44.1 Å². The number of phenols is 1. The molecule has 2 N–H and O–H groups in total. The van der Waals surface area contributed by atoms with Gasteiger partial charge in [-0.3, -0.25) is 0 Å². The standard InChI is InChI=1S/C29H45N3O4Si2/c1-37(2,36-38(3,4)21-17-23-10-13-25(33)14-11-23)20-7-18-35-19-16-24-12-15-29(34)28(22-24)32-30-26-8-5-6-9-27(26)31-32/h5-6,8-9,12,15,22-23,25,33-34H,7,10-11,13-14,16-21H2,1-4H3. The molecule has 0 unspecified atom stereocenters. The van der Waals surface area contributed by atoms with Crippen LogP contribution < -0.4 is 0 Å². The number of fused-ring (bicyclic) bond motifs is 1. The molecule has 3 aromatic rings. The molecule has 0 radical (unpaired) electrons. The lowest BCUT2D eigenvalue weighted by Gasteiger charge is -2.35. The Bertz CT molecular complexity index is 1140. The number of nitrogens with zero attached hydrogens (tertiary/aromatic N) is 3. The zero-order chi connectivity index (χ0) is 27.2. The summed E-state index contributed by atoms with van der Waals surface area (Å²) in [7, 11) is -3.41. The third-order valence-electron chi connectivity index (χ3n) is 7.67. The van der Waals surface area contributed by atoms with Crippen LogP contribution >= 0.6 is 0 Å². The van der Waals surface area contributed by atoms with Crippen molar-refractivity contribution in [2.75, 3.05) is 13.2 Å². The van der Waals surface area contributed by atoms with E-state index < -0.39 is 16.6 Å². The van der Waals surface area contributed by atoms with Gasteiger partial charge in [-0.1, -0.05) is 24.6 Å². The van der Waals surface area contributed by atoms with Crippen molar-refractivity contribution in [1.29, 1.82) is 0 Å². The Morgan fingerprint density at radius 1 is 0.895 bits per heavy atom. The van der Waals surface area contributed by atoms with Gasteiger partial charge in [-0.2, -0.15) is 0 Å². The maximum atomic E-state index is 10.4. The number of hydrogen-bond donors (Lipinski definition) is 2. The minimum absolute atomic E-state index is 0.0693. The third-order valence-corrected chi connectivity index (χ3v) is 15.1. The van der Waals surface area contributed by atoms with Crippen molar-refractivity contribution >= 4 is 27.7 Å². The molecule has 38 heavy (non-hydrogen) atoms. The van der Waals surface area contributed by atoms with E-state index in [0.717, 1.165) is 60.8 Å². The summed E-state index contributed by atoms with van der Waals surface area (Å²) in [6.45, 7) is 10.8. The second-order valence-corrected chi connectivity index (χ2v) is 21.0. The number of ether oxygens (including phenoxy) is 1. The second-order valence-electron chi connectivity index (χ2n) is 12.1. The van der Waals surface area contributed by atoms with Gasteiger partial charge in [-0.05, 0) is 113 Å². The van der Waals surface area contributed by atoms with Gasteiger partial charge < -0.3 is 19.1 Å². The monoisotopic (exact) mass is 555 g/mol. The van der Waals surface area contributed by atoms with Crippen LogP contribution in [0.15, 0.2) is 42.5 Å². The smallest absolute Gasteiger partial charge is 0.173 e. The van der Waals surface area contributed by atoms with Gasteiger partial charge in [0.25, 0.3) is 0 Å². The average Bonchev–Trinajstić information content (AvgIpc) is 3.30. The van der Waals surface area contributed by atoms with E-state index in [0.29, 0.717) is 12.3 Å². The van der Waals surface area contributed by atoms with Crippen LogP contribution in [0, 0.1) is 5.92 Å². The molecular formula is C29H45N3O4Si2. The maximum Gasteiger partial charge on any atom is 0.173 e.